The van der Waals surface area contributed by atoms with Gasteiger partial charge in [0.25, 0.3) is 0 Å². The van der Waals surface area contributed by atoms with Gasteiger partial charge in [0.15, 0.2) is 5.82 Å². The Morgan fingerprint density at radius 3 is 1.83 bits per heavy atom. The average Bonchev–Trinajstić information content (AvgIpc) is 3.74. The molecule has 0 aliphatic heterocycles. The summed E-state index contributed by atoms with van der Waals surface area (Å²) in [5, 5.41) is 5.19. The van der Waals surface area contributed by atoms with Crippen molar-refractivity contribution in [2.45, 2.75) is 0 Å². The van der Waals surface area contributed by atoms with Crippen LogP contribution in [0.4, 0.5) is 0 Å². The molecular weight excluding hydrogens is 590 g/mol. The zero-order valence-corrected chi connectivity index (χ0v) is 25.6. The lowest BCUT2D eigenvalue weighted by atomic mass is 9.99. The lowest BCUT2D eigenvalue weighted by Gasteiger charge is -2.11. The van der Waals surface area contributed by atoms with E-state index in [1.54, 1.807) is 0 Å². The van der Waals surface area contributed by atoms with Crippen molar-refractivity contribution in [3.8, 4) is 45.2 Å². The average molecular weight is 616 g/mol. The third kappa shape index (κ3) is 4.15. The maximum absolute atomic E-state index is 6.42. The van der Waals surface area contributed by atoms with Crippen molar-refractivity contribution < 1.29 is 8.83 Å². The Hall–Kier alpha value is -6.59. The third-order valence-electron chi connectivity index (χ3n) is 9.10. The van der Waals surface area contributed by atoms with E-state index in [2.05, 4.69) is 54.6 Å². The fourth-order valence-electron chi connectivity index (χ4n) is 6.85. The normalized spacial score (nSPS) is 11.8. The standard InChI is InChI=1S/C43H25N3O2/c1-2-11-28(12-3-1)43-45-34(25-35(46-43)29-16-10-20-38-39(29)31-14-5-8-18-36(31)47-38)26-21-23-27(24-22-26)41-40-32-15-6-9-19-37(32)48-42(40)30-13-4-7-17-33(30)44-41/h1-25H. The maximum Gasteiger partial charge on any atom is 0.160 e. The van der Waals surface area contributed by atoms with Gasteiger partial charge in [-0.05, 0) is 36.4 Å². The second-order valence-electron chi connectivity index (χ2n) is 12.0. The summed E-state index contributed by atoms with van der Waals surface area (Å²) >= 11 is 0. The van der Waals surface area contributed by atoms with Gasteiger partial charge in [-0.15, -0.1) is 0 Å². The monoisotopic (exact) mass is 615 g/mol. The van der Waals surface area contributed by atoms with Crippen molar-refractivity contribution in [3.63, 3.8) is 0 Å². The Bertz CT molecular complexity index is 2830. The van der Waals surface area contributed by atoms with Crippen molar-refractivity contribution in [2.24, 2.45) is 0 Å². The largest absolute Gasteiger partial charge is 0.456 e. The molecule has 224 valence electrons. The molecule has 4 heterocycles. The van der Waals surface area contributed by atoms with Gasteiger partial charge in [-0.2, -0.15) is 0 Å². The van der Waals surface area contributed by atoms with Crippen LogP contribution in [0.25, 0.3) is 99.9 Å². The molecule has 0 bridgehead atoms. The number of aromatic nitrogens is 3. The van der Waals surface area contributed by atoms with Crippen LogP contribution in [0.3, 0.4) is 0 Å². The van der Waals surface area contributed by atoms with Crippen LogP contribution in [0.15, 0.2) is 160 Å². The molecule has 0 amide bonds. The van der Waals surface area contributed by atoms with Crippen LogP contribution in [-0.4, -0.2) is 15.0 Å². The van der Waals surface area contributed by atoms with Crippen molar-refractivity contribution in [1.29, 1.82) is 0 Å². The van der Waals surface area contributed by atoms with Crippen LogP contribution in [0.5, 0.6) is 0 Å². The zero-order chi connectivity index (χ0) is 31.6. The summed E-state index contributed by atoms with van der Waals surface area (Å²) in [6, 6.07) is 51.3. The van der Waals surface area contributed by atoms with Crippen LogP contribution in [0.2, 0.25) is 0 Å². The highest BCUT2D eigenvalue weighted by atomic mass is 16.3. The minimum absolute atomic E-state index is 0.666. The summed E-state index contributed by atoms with van der Waals surface area (Å²) in [5.41, 5.74) is 10.8. The molecule has 0 saturated carbocycles. The predicted octanol–water partition coefficient (Wildman–Crippen LogP) is 11.5. The van der Waals surface area contributed by atoms with Crippen molar-refractivity contribution in [3.05, 3.63) is 152 Å². The van der Waals surface area contributed by atoms with Crippen LogP contribution in [0.1, 0.15) is 0 Å². The highest BCUT2D eigenvalue weighted by molar-refractivity contribution is 6.19. The molecule has 10 aromatic rings. The molecular formula is C43H25N3O2. The predicted molar refractivity (Wildman–Crippen MR) is 194 cm³/mol. The van der Waals surface area contributed by atoms with E-state index in [-0.39, 0.29) is 0 Å². The Labute approximate surface area is 274 Å². The Morgan fingerprint density at radius 2 is 1.02 bits per heavy atom. The molecule has 0 aliphatic carbocycles. The number of nitrogens with zero attached hydrogens (tertiary/aromatic N) is 3. The zero-order valence-electron chi connectivity index (χ0n) is 25.6. The number of furan rings is 2. The fourth-order valence-corrected chi connectivity index (χ4v) is 6.85. The van der Waals surface area contributed by atoms with Gasteiger partial charge in [-0.3, -0.25) is 0 Å². The molecule has 0 spiro atoms. The molecule has 4 aromatic heterocycles. The first kappa shape index (κ1) is 26.6. The van der Waals surface area contributed by atoms with E-state index in [1.165, 1.54) is 0 Å². The van der Waals surface area contributed by atoms with Gasteiger partial charge in [0.2, 0.25) is 0 Å². The van der Waals surface area contributed by atoms with E-state index in [0.717, 1.165) is 94.1 Å². The first-order valence-electron chi connectivity index (χ1n) is 15.9. The van der Waals surface area contributed by atoms with E-state index in [9.17, 15) is 0 Å². The van der Waals surface area contributed by atoms with Gasteiger partial charge in [-0.1, -0.05) is 115 Å². The summed E-state index contributed by atoms with van der Waals surface area (Å²) in [4.78, 5) is 15.4. The second-order valence-corrected chi connectivity index (χ2v) is 12.0. The van der Waals surface area contributed by atoms with E-state index in [4.69, 9.17) is 23.8 Å². The topological polar surface area (TPSA) is 65.0 Å². The summed E-state index contributed by atoms with van der Waals surface area (Å²) in [5.74, 6) is 0.666. The number of hydrogen-bond donors (Lipinski definition) is 0. The number of pyridine rings is 1. The number of benzene rings is 6. The Morgan fingerprint density at radius 1 is 0.396 bits per heavy atom. The van der Waals surface area contributed by atoms with Gasteiger partial charge < -0.3 is 8.83 Å². The Balaban J connectivity index is 1.16. The lowest BCUT2D eigenvalue weighted by molar-refractivity contribution is 0.669. The van der Waals surface area contributed by atoms with Crippen LogP contribution >= 0.6 is 0 Å². The van der Waals surface area contributed by atoms with Gasteiger partial charge in [-0.25, -0.2) is 15.0 Å². The molecule has 10 rings (SSSR count). The number of rotatable bonds is 4. The summed E-state index contributed by atoms with van der Waals surface area (Å²) in [6.07, 6.45) is 0. The molecule has 0 unspecified atom stereocenters. The van der Waals surface area contributed by atoms with Crippen molar-refractivity contribution >= 4 is 54.8 Å². The van der Waals surface area contributed by atoms with Gasteiger partial charge in [0, 0.05) is 43.8 Å². The van der Waals surface area contributed by atoms with E-state index < -0.39 is 0 Å². The van der Waals surface area contributed by atoms with Crippen molar-refractivity contribution in [1.82, 2.24) is 15.0 Å². The number of para-hydroxylation sites is 3. The third-order valence-corrected chi connectivity index (χ3v) is 9.10. The smallest absolute Gasteiger partial charge is 0.160 e. The van der Waals surface area contributed by atoms with E-state index >= 15 is 0 Å². The maximum atomic E-state index is 6.42. The first-order chi connectivity index (χ1) is 23.8. The van der Waals surface area contributed by atoms with E-state index in [0.29, 0.717) is 5.82 Å². The summed E-state index contributed by atoms with van der Waals surface area (Å²) in [7, 11) is 0. The SMILES string of the molecule is c1ccc(-c2nc(-c3ccc(-c4nc5ccccc5c5oc6ccccc6c45)cc3)cc(-c3cccc4oc5ccccc5c34)n2)cc1. The molecule has 0 radical (unpaired) electrons. The molecule has 0 atom stereocenters. The van der Waals surface area contributed by atoms with Crippen LogP contribution < -0.4 is 0 Å². The van der Waals surface area contributed by atoms with E-state index in [1.807, 2.05) is 97.1 Å². The second kappa shape index (κ2) is 10.5. The molecule has 5 heteroatoms. The van der Waals surface area contributed by atoms with Gasteiger partial charge in [0.05, 0.1) is 28.0 Å². The first-order valence-corrected chi connectivity index (χ1v) is 15.9. The Kier molecular flexibility index (Phi) is 5.81. The molecule has 6 aromatic carbocycles. The quantitative estimate of drug-likeness (QED) is 0.197. The molecule has 0 saturated heterocycles. The van der Waals surface area contributed by atoms with Crippen LogP contribution in [0, 0.1) is 0 Å². The number of fused-ring (bicyclic) bond motifs is 8. The highest BCUT2D eigenvalue weighted by Crippen LogP contribution is 2.41. The highest BCUT2D eigenvalue weighted by Gasteiger charge is 2.19. The molecule has 0 N–H and O–H groups in total. The number of hydrogen-bond acceptors (Lipinski definition) is 5. The van der Waals surface area contributed by atoms with Crippen molar-refractivity contribution in [2.75, 3.05) is 0 Å². The minimum atomic E-state index is 0.666. The van der Waals surface area contributed by atoms with Gasteiger partial charge >= 0.3 is 0 Å². The minimum Gasteiger partial charge on any atom is -0.456 e. The molecule has 0 aliphatic rings. The fraction of sp³-hybridized carbons (Fsp3) is 0. The lowest BCUT2D eigenvalue weighted by Crippen LogP contribution is -1.96. The summed E-state index contributed by atoms with van der Waals surface area (Å²) < 4.78 is 12.6. The molecule has 0 fully saturated rings. The molecule has 5 nitrogen and oxygen atoms in total. The van der Waals surface area contributed by atoms with Gasteiger partial charge in [0.1, 0.15) is 22.3 Å². The van der Waals surface area contributed by atoms with Crippen LogP contribution in [-0.2, 0) is 0 Å². The molecule has 48 heavy (non-hydrogen) atoms. The summed E-state index contributed by atoms with van der Waals surface area (Å²) in [6.45, 7) is 0.